The van der Waals surface area contributed by atoms with E-state index in [9.17, 15) is 18.0 Å². The van der Waals surface area contributed by atoms with Gasteiger partial charge in [-0.1, -0.05) is 35.9 Å². The lowest BCUT2D eigenvalue weighted by Crippen LogP contribution is -2.46. The van der Waals surface area contributed by atoms with Gasteiger partial charge in [-0.25, -0.2) is 9.78 Å². The maximum atomic E-state index is 13.0. The second-order valence-corrected chi connectivity index (χ2v) is 7.41. The zero-order valence-corrected chi connectivity index (χ0v) is 16.9. The van der Waals surface area contributed by atoms with Crippen molar-refractivity contribution in [3.05, 3.63) is 83.6 Å². The maximum Gasteiger partial charge on any atom is 0.416 e. The lowest BCUT2D eigenvalue weighted by atomic mass is 10.1. The van der Waals surface area contributed by atoms with Crippen molar-refractivity contribution < 1.29 is 18.0 Å². The summed E-state index contributed by atoms with van der Waals surface area (Å²) in [6.07, 6.45) is -2.81. The number of alkyl halides is 3. The standard InChI is InChI=1S/C23H21F3N4O/c1-16-7-9-17(10-8-16)15-29-12-13-30(20-6-3-11-27-21(20)29)22(31)28-19-5-2-4-18(14-19)23(24,25)26/h2-11,14H,12-13,15H2,1H3,(H,28,31). The van der Waals surface area contributed by atoms with E-state index in [1.165, 1.54) is 22.6 Å². The van der Waals surface area contributed by atoms with Crippen molar-refractivity contribution in [3.63, 3.8) is 0 Å². The van der Waals surface area contributed by atoms with Crippen molar-refractivity contribution in [3.8, 4) is 0 Å². The number of amides is 2. The van der Waals surface area contributed by atoms with E-state index in [1.807, 2.05) is 19.1 Å². The molecule has 0 radical (unpaired) electrons. The molecule has 31 heavy (non-hydrogen) atoms. The number of hydrogen-bond donors (Lipinski definition) is 1. The number of aromatic nitrogens is 1. The Kier molecular flexibility index (Phi) is 5.54. The van der Waals surface area contributed by atoms with E-state index in [4.69, 9.17) is 0 Å². The molecular weight excluding hydrogens is 405 g/mol. The van der Waals surface area contributed by atoms with Crippen LogP contribution in [0.3, 0.4) is 0 Å². The van der Waals surface area contributed by atoms with Crippen LogP contribution in [0.2, 0.25) is 0 Å². The zero-order valence-electron chi connectivity index (χ0n) is 16.9. The second kappa shape index (κ2) is 8.29. The summed E-state index contributed by atoms with van der Waals surface area (Å²) < 4.78 is 38.9. The first-order chi connectivity index (χ1) is 14.8. The van der Waals surface area contributed by atoms with Gasteiger partial charge in [0.25, 0.3) is 0 Å². The lowest BCUT2D eigenvalue weighted by Gasteiger charge is -2.36. The second-order valence-electron chi connectivity index (χ2n) is 7.41. The quantitative estimate of drug-likeness (QED) is 0.604. The topological polar surface area (TPSA) is 48.5 Å². The number of aryl methyl sites for hydroxylation is 1. The number of pyridine rings is 1. The molecule has 2 aromatic carbocycles. The van der Waals surface area contributed by atoms with Crippen LogP contribution < -0.4 is 15.1 Å². The highest BCUT2D eigenvalue weighted by Gasteiger charge is 2.31. The van der Waals surface area contributed by atoms with Crippen LogP contribution >= 0.6 is 0 Å². The molecule has 2 amide bonds. The van der Waals surface area contributed by atoms with Crippen molar-refractivity contribution in [1.82, 2.24) is 4.98 Å². The largest absolute Gasteiger partial charge is 0.416 e. The van der Waals surface area contributed by atoms with E-state index in [0.717, 1.165) is 17.7 Å². The van der Waals surface area contributed by atoms with Gasteiger partial charge in [0, 0.05) is 31.5 Å². The molecule has 160 valence electrons. The minimum Gasteiger partial charge on any atom is -0.349 e. The number of nitrogens with one attached hydrogen (secondary N) is 1. The molecule has 1 aromatic heterocycles. The molecule has 0 aliphatic carbocycles. The molecule has 1 N–H and O–H groups in total. The number of carbonyl (C=O) groups is 1. The lowest BCUT2D eigenvalue weighted by molar-refractivity contribution is -0.137. The highest BCUT2D eigenvalue weighted by Crippen LogP contribution is 2.33. The summed E-state index contributed by atoms with van der Waals surface area (Å²) in [7, 11) is 0. The van der Waals surface area contributed by atoms with Gasteiger partial charge < -0.3 is 10.2 Å². The van der Waals surface area contributed by atoms with E-state index in [0.29, 0.717) is 31.1 Å². The average molecular weight is 426 g/mol. The number of anilines is 3. The highest BCUT2D eigenvalue weighted by atomic mass is 19.4. The fourth-order valence-corrected chi connectivity index (χ4v) is 3.53. The zero-order chi connectivity index (χ0) is 22.0. The Hall–Kier alpha value is -3.55. The minimum absolute atomic E-state index is 0.0901. The van der Waals surface area contributed by atoms with Crippen LogP contribution in [0.1, 0.15) is 16.7 Å². The van der Waals surface area contributed by atoms with Gasteiger partial charge in [-0.2, -0.15) is 13.2 Å². The Morgan fingerprint density at radius 3 is 2.58 bits per heavy atom. The summed E-state index contributed by atoms with van der Waals surface area (Å²) in [6.45, 7) is 3.61. The van der Waals surface area contributed by atoms with Gasteiger partial charge in [-0.15, -0.1) is 0 Å². The number of carbonyl (C=O) groups excluding carboxylic acids is 1. The summed E-state index contributed by atoms with van der Waals surface area (Å²) >= 11 is 0. The number of benzene rings is 2. The molecule has 0 unspecified atom stereocenters. The van der Waals surface area contributed by atoms with Crippen LogP contribution in [-0.2, 0) is 12.7 Å². The van der Waals surface area contributed by atoms with Gasteiger partial charge in [-0.3, -0.25) is 4.90 Å². The van der Waals surface area contributed by atoms with E-state index in [1.54, 1.807) is 18.3 Å². The van der Waals surface area contributed by atoms with Crippen LogP contribution in [0, 0.1) is 6.92 Å². The van der Waals surface area contributed by atoms with E-state index in [-0.39, 0.29) is 5.69 Å². The van der Waals surface area contributed by atoms with Crippen LogP contribution in [0.15, 0.2) is 66.9 Å². The number of urea groups is 1. The van der Waals surface area contributed by atoms with Crippen LogP contribution in [0.5, 0.6) is 0 Å². The number of rotatable bonds is 3. The molecule has 3 aromatic rings. The smallest absolute Gasteiger partial charge is 0.349 e. The van der Waals surface area contributed by atoms with Gasteiger partial charge >= 0.3 is 12.2 Å². The van der Waals surface area contributed by atoms with Crippen molar-refractivity contribution in [2.45, 2.75) is 19.6 Å². The number of nitrogens with zero attached hydrogens (tertiary/aromatic N) is 3. The Balaban J connectivity index is 1.54. The van der Waals surface area contributed by atoms with Crippen molar-refractivity contribution in [1.29, 1.82) is 0 Å². The molecule has 0 bridgehead atoms. The summed E-state index contributed by atoms with van der Waals surface area (Å²) in [6, 6.07) is 15.8. The van der Waals surface area contributed by atoms with Crippen molar-refractivity contribution in [2.75, 3.05) is 28.2 Å². The fraction of sp³-hybridized carbons (Fsp3) is 0.217. The first-order valence-electron chi connectivity index (χ1n) is 9.82. The summed E-state index contributed by atoms with van der Waals surface area (Å²) in [5.41, 5.74) is 2.20. The van der Waals surface area contributed by atoms with E-state index < -0.39 is 17.8 Å². The number of halogens is 3. The fourth-order valence-electron chi connectivity index (χ4n) is 3.53. The molecule has 1 aliphatic rings. The molecule has 1 aliphatic heterocycles. The van der Waals surface area contributed by atoms with E-state index >= 15 is 0 Å². The third-order valence-electron chi connectivity index (χ3n) is 5.13. The summed E-state index contributed by atoms with van der Waals surface area (Å²) in [4.78, 5) is 20.9. The predicted molar refractivity (Wildman–Crippen MR) is 114 cm³/mol. The van der Waals surface area contributed by atoms with Gasteiger partial charge in [0.2, 0.25) is 0 Å². The Morgan fingerprint density at radius 1 is 1.06 bits per heavy atom. The normalized spacial score (nSPS) is 13.7. The predicted octanol–water partition coefficient (Wildman–Crippen LogP) is 5.47. The molecule has 0 saturated heterocycles. The molecule has 5 nitrogen and oxygen atoms in total. The first kappa shape index (κ1) is 20.7. The SMILES string of the molecule is Cc1ccc(CN2CCN(C(=O)Nc3cccc(C(F)(F)F)c3)c3cccnc32)cc1. The van der Waals surface area contributed by atoms with Gasteiger partial charge in [-0.05, 0) is 42.8 Å². The maximum absolute atomic E-state index is 13.0. The molecule has 0 fully saturated rings. The monoisotopic (exact) mass is 426 g/mol. The summed E-state index contributed by atoms with van der Waals surface area (Å²) in [5.74, 6) is 0.661. The van der Waals surface area contributed by atoms with Gasteiger partial charge in [0.1, 0.15) is 0 Å². The summed E-state index contributed by atoms with van der Waals surface area (Å²) in [5, 5.41) is 2.58. The third-order valence-corrected chi connectivity index (χ3v) is 5.13. The van der Waals surface area contributed by atoms with Gasteiger partial charge in [0.15, 0.2) is 5.82 Å². The van der Waals surface area contributed by atoms with Crippen molar-refractivity contribution in [2.24, 2.45) is 0 Å². The molecule has 0 spiro atoms. The van der Waals surface area contributed by atoms with Crippen LogP contribution in [-0.4, -0.2) is 24.1 Å². The highest BCUT2D eigenvalue weighted by molar-refractivity contribution is 6.04. The average Bonchev–Trinajstić information content (AvgIpc) is 2.75. The molecular formula is C23H21F3N4O. The van der Waals surface area contributed by atoms with E-state index in [2.05, 4.69) is 27.3 Å². The Bertz CT molecular complexity index is 1080. The van der Waals surface area contributed by atoms with Gasteiger partial charge in [0.05, 0.1) is 11.3 Å². The number of fused-ring (bicyclic) bond motifs is 1. The molecule has 2 heterocycles. The molecule has 0 atom stereocenters. The van der Waals surface area contributed by atoms with Crippen molar-refractivity contribution >= 4 is 23.2 Å². The minimum atomic E-state index is -4.47. The van der Waals surface area contributed by atoms with Crippen LogP contribution in [0.25, 0.3) is 0 Å². The number of hydrogen-bond acceptors (Lipinski definition) is 3. The third kappa shape index (κ3) is 4.63. The first-order valence-corrected chi connectivity index (χ1v) is 9.82. The van der Waals surface area contributed by atoms with Crippen LogP contribution in [0.4, 0.5) is 35.2 Å². The Morgan fingerprint density at radius 2 is 1.84 bits per heavy atom. The Labute approximate surface area is 178 Å². The molecule has 8 heteroatoms. The molecule has 0 saturated carbocycles. The molecule has 4 rings (SSSR count).